The molecule has 0 amide bonds. The lowest BCUT2D eigenvalue weighted by Gasteiger charge is -2.08. The fourth-order valence-electron chi connectivity index (χ4n) is 1.42. The lowest BCUT2D eigenvalue weighted by atomic mass is 10.3. The van der Waals surface area contributed by atoms with Crippen molar-refractivity contribution in [3.63, 3.8) is 0 Å². The highest BCUT2D eigenvalue weighted by Crippen LogP contribution is 2.19. The average Bonchev–Trinajstić information content (AvgIpc) is 2.38. The highest BCUT2D eigenvalue weighted by molar-refractivity contribution is 5.31. The second kappa shape index (κ2) is 5.21. The Morgan fingerprint density at radius 3 is 2.65 bits per heavy atom. The van der Waals surface area contributed by atoms with Crippen molar-refractivity contribution in [1.29, 1.82) is 0 Å². The zero-order valence-corrected chi connectivity index (χ0v) is 9.46. The molecule has 0 radical (unpaired) electrons. The van der Waals surface area contributed by atoms with Gasteiger partial charge in [0.05, 0.1) is 12.7 Å². The number of aromatic nitrogens is 1. The Hall–Kier alpha value is -2.23. The van der Waals surface area contributed by atoms with E-state index in [4.69, 9.17) is 14.6 Å². The Balaban J connectivity index is 2.04. The summed E-state index contributed by atoms with van der Waals surface area (Å²) in [6.45, 7) is 0.377. The van der Waals surface area contributed by atoms with Crippen LogP contribution in [0.15, 0.2) is 42.6 Å². The number of pyridine rings is 1. The molecule has 0 saturated carbocycles. The van der Waals surface area contributed by atoms with E-state index in [1.165, 1.54) is 0 Å². The molecule has 0 bridgehead atoms. The summed E-state index contributed by atoms with van der Waals surface area (Å²) in [5.74, 6) is 1.47. The van der Waals surface area contributed by atoms with E-state index < -0.39 is 0 Å². The molecule has 0 spiro atoms. The van der Waals surface area contributed by atoms with Crippen LogP contribution in [0.1, 0.15) is 5.56 Å². The summed E-state index contributed by atoms with van der Waals surface area (Å²) in [5.41, 5.74) is 0.878. The number of phenolic OH excluding ortho intramolecular Hbond substituents is 1. The number of phenols is 1. The van der Waals surface area contributed by atoms with Gasteiger partial charge in [-0.1, -0.05) is 0 Å². The molecule has 0 aliphatic heterocycles. The van der Waals surface area contributed by atoms with Crippen molar-refractivity contribution in [2.24, 2.45) is 0 Å². The Kier molecular flexibility index (Phi) is 3.45. The Labute approximate surface area is 99.5 Å². The van der Waals surface area contributed by atoms with E-state index in [0.29, 0.717) is 18.2 Å². The molecule has 0 unspecified atom stereocenters. The van der Waals surface area contributed by atoms with E-state index >= 15 is 0 Å². The van der Waals surface area contributed by atoms with Crippen molar-refractivity contribution in [3.05, 3.63) is 48.2 Å². The maximum absolute atomic E-state index is 9.14. The number of nitrogens with zero attached hydrogens (tertiary/aromatic N) is 1. The largest absolute Gasteiger partial charge is 0.508 e. The third kappa shape index (κ3) is 2.87. The molecule has 0 atom stereocenters. The SMILES string of the molecule is COc1ncccc1COc1ccc(O)cc1. The zero-order valence-electron chi connectivity index (χ0n) is 9.46. The van der Waals surface area contributed by atoms with Gasteiger partial charge in [0.2, 0.25) is 5.88 Å². The van der Waals surface area contributed by atoms with Crippen LogP contribution in [0.2, 0.25) is 0 Å². The summed E-state index contributed by atoms with van der Waals surface area (Å²) in [6.07, 6.45) is 1.67. The first-order chi connectivity index (χ1) is 8.29. The number of hydrogen-bond acceptors (Lipinski definition) is 4. The van der Waals surface area contributed by atoms with Crippen LogP contribution < -0.4 is 9.47 Å². The molecule has 4 nitrogen and oxygen atoms in total. The molecule has 0 saturated heterocycles. The van der Waals surface area contributed by atoms with E-state index in [0.717, 1.165) is 5.56 Å². The van der Waals surface area contributed by atoms with E-state index in [-0.39, 0.29) is 5.75 Å². The Bertz CT molecular complexity index is 482. The lowest BCUT2D eigenvalue weighted by Crippen LogP contribution is -1.99. The van der Waals surface area contributed by atoms with Crippen LogP contribution in [-0.4, -0.2) is 17.2 Å². The maximum Gasteiger partial charge on any atom is 0.219 e. The summed E-state index contributed by atoms with van der Waals surface area (Å²) in [6, 6.07) is 10.3. The second-order valence-corrected chi connectivity index (χ2v) is 3.45. The van der Waals surface area contributed by atoms with Gasteiger partial charge in [-0.25, -0.2) is 4.98 Å². The smallest absolute Gasteiger partial charge is 0.219 e. The van der Waals surface area contributed by atoms with Crippen molar-refractivity contribution in [3.8, 4) is 17.4 Å². The lowest BCUT2D eigenvalue weighted by molar-refractivity contribution is 0.293. The molecule has 2 rings (SSSR count). The molecule has 1 N–H and O–H groups in total. The highest BCUT2D eigenvalue weighted by Gasteiger charge is 2.03. The molecule has 4 heteroatoms. The molecule has 0 fully saturated rings. The first kappa shape index (κ1) is 11.3. The number of benzene rings is 1. The van der Waals surface area contributed by atoms with Gasteiger partial charge >= 0.3 is 0 Å². The third-order valence-corrected chi connectivity index (χ3v) is 2.27. The highest BCUT2D eigenvalue weighted by atomic mass is 16.5. The van der Waals surface area contributed by atoms with Gasteiger partial charge in [0, 0.05) is 6.20 Å². The first-order valence-corrected chi connectivity index (χ1v) is 5.19. The number of aromatic hydroxyl groups is 1. The van der Waals surface area contributed by atoms with Gasteiger partial charge in [-0.05, 0) is 36.4 Å². The summed E-state index contributed by atoms with van der Waals surface area (Å²) in [7, 11) is 1.58. The molecule has 2 aromatic rings. The minimum Gasteiger partial charge on any atom is -0.508 e. The number of methoxy groups -OCH3 is 1. The minimum atomic E-state index is 0.219. The van der Waals surface area contributed by atoms with Crippen LogP contribution in [0.5, 0.6) is 17.4 Å². The van der Waals surface area contributed by atoms with Crippen LogP contribution >= 0.6 is 0 Å². The fourth-order valence-corrected chi connectivity index (χ4v) is 1.42. The Morgan fingerprint density at radius 2 is 1.94 bits per heavy atom. The van der Waals surface area contributed by atoms with Gasteiger partial charge in [0.25, 0.3) is 0 Å². The first-order valence-electron chi connectivity index (χ1n) is 5.19. The van der Waals surface area contributed by atoms with E-state index in [1.807, 2.05) is 12.1 Å². The van der Waals surface area contributed by atoms with Gasteiger partial charge < -0.3 is 14.6 Å². The molecule has 1 aromatic heterocycles. The Morgan fingerprint density at radius 1 is 1.18 bits per heavy atom. The summed E-state index contributed by atoms with van der Waals surface area (Å²) < 4.78 is 10.7. The van der Waals surface area contributed by atoms with E-state index in [2.05, 4.69) is 4.98 Å². The van der Waals surface area contributed by atoms with Crippen molar-refractivity contribution >= 4 is 0 Å². The van der Waals surface area contributed by atoms with Crippen LogP contribution in [0, 0.1) is 0 Å². The third-order valence-electron chi connectivity index (χ3n) is 2.27. The monoisotopic (exact) mass is 231 g/mol. The quantitative estimate of drug-likeness (QED) is 0.877. The molecule has 1 heterocycles. The van der Waals surface area contributed by atoms with Gasteiger partial charge in [0.15, 0.2) is 0 Å². The van der Waals surface area contributed by atoms with Crippen molar-refractivity contribution in [2.45, 2.75) is 6.61 Å². The molecular formula is C13H13NO3. The molecule has 0 aliphatic rings. The minimum absolute atomic E-state index is 0.219. The van der Waals surface area contributed by atoms with Crippen LogP contribution in [-0.2, 0) is 6.61 Å². The zero-order chi connectivity index (χ0) is 12.1. The predicted octanol–water partition coefficient (Wildman–Crippen LogP) is 2.37. The van der Waals surface area contributed by atoms with E-state index in [1.54, 1.807) is 37.6 Å². The van der Waals surface area contributed by atoms with Crippen molar-refractivity contribution in [1.82, 2.24) is 4.98 Å². The molecule has 1 aromatic carbocycles. The summed E-state index contributed by atoms with van der Waals surface area (Å²) in [5, 5.41) is 9.14. The van der Waals surface area contributed by atoms with Crippen LogP contribution in [0.4, 0.5) is 0 Å². The van der Waals surface area contributed by atoms with Crippen molar-refractivity contribution in [2.75, 3.05) is 7.11 Å². The maximum atomic E-state index is 9.14. The van der Waals surface area contributed by atoms with Crippen LogP contribution in [0.3, 0.4) is 0 Å². The predicted molar refractivity (Wildman–Crippen MR) is 63.2 cm³/mol. The van der Waals surface area contributed by atoms with E-state index in [9.17, 15) is 0 Å². The van der Waals surface area contributed by atoms with Gasteiger partial charge in [-0.3, -0.25) is 0 Å². The van der Waals surface area contributed by atoms with Crippen LogP contribution in [0.25, 0.3) is 0 Å². The molecular weight excluding hydrogens is 218 g/mol. The second-order valence-electron chi connectivity index (χ2n) is 3.45. The van der Waals surface area contributed by atoms with Crippen molar-refractivity contribution < 1.29 is 14.6 Å². The average molecular weight is 231 g/mol. The normalized spacial score (nSPS) is 9.94. The van der Waals surface area contributed by atoms with Gasteiger partial charge in [-0.15, -0.1) is 0 Å². The van der Waals surface area contributed by atoms with Gasteiger partial charge in [0.1, 0.15) is 18.1 Å². The molecule has 0 aliphatic carbocycles. The number of hydrogen-bond donors (Lipinski definition) is 1. The molecule has 88 valence electrons. The van der Waals surface area contributed by atoms with Gasteiger partial charge in [-0.2, -0.15) is 0 Å². The topological polar surface area (TPSA) is 51.6 Å². The number of rotatable bonds is 4. The summed E-state index contributed by atoms with van der Waals surface area (Å²) in [4.78, 5) is 4.08. The summed E-state index contributed by atoms with van der Waals surface area (Å²) >= 11 is 0. The molecule has 17 heavy (non-hydrogen) atoms. The standard InChI is InChI=1S/C13H13NO3/c1-16-13-10(3-2-8-14-13)9-17-12-6-4-11(15)5-7-12/h2-8,15H,9H2,1H3. The number of ether oxygens (including phenoxy) is 2. The fraction of sp³-hybridized carbons (Fsp3) is 0.154.